The van der Waals surface area contributed by atoms with E-state index < -0.39 is 6.10 Å². The first-order valence-corrected chi connectivity index (χ1v) is 7.76. The van der Waals surface area contributed by atoms with Crippen LogP contribution in [-0.4, -0.2) is 5.11 Å². The monoisotopic (exact) mass is 352 g/mol. The molecule has 0 saturated heterocycles. The molecule has 0 aliphatic carbocycles. The molecule has 0 aromatic heterocycles. The van der Waals surface area contributed by atoms with E-state index in [0.717, 1.165) is 10.0 Å². The zero-order valence-electron chi connectivity index (χ0n) is 11.9. The zero-order chi connectivity index (χ0) is 14.9. The predicted molar refractivity (Wildman–Crippen MR) is 88.5 cm³/mol. The maximum absolute atomic E-state index is 10.5. The quantitative estimate of drug-likeness (QED) is 0.793. The summed E-state index contributed by atoms with van der Waals surface area (Å²) in [7, 11) is 0. The number of aliphatic hydroxyl groups is 1. The van der Waals surface area contributed by atoms with Crippen molar-refractivity contribution in [3.05, 3.63) is 67.6 Å². The van der Waals surface area contributed by atoms with Crippen molar-refractivity contribution < 1.29 is 5.11 Å². The second-order valence-electron chi connectivity index (χ2n) is 5.24. The molecule has 1 nitrogen and oxygen atoms in total. The van der Waals surface area contributed by atoms with Gasteiger partial charge in [-0.15, -0.1) is 0 Å². The highest BCUT2D eigenvalue weighted by molar-refractivity contribution is 9.10. The maximum Gasteiger partial charge on any atom is 0.0845 e. The molecule has 3 heteroatoms. The van der Waals surface area contributed by atoms with Gasteiger partial charge in [0.25, 0.3) is 0 Å². The van der Waals surface area contributed by atoms with E-state index in [1.807, 2.05) is 18.2 Å². The topological polar surface area (TPSA) is 20.2 Å². The Morgan fingerprint density at radius 1 is 1.15 bits per heavy atom. The lowest BCUT2D eigenvalue weighted by Crippen LogP contribution is -2.06. The van der Waals surface area contributed by atoms with Crippen molar-refractivity contribution in [2.24, 2.45) is 0 Å². The second-order valence-corrected chi connectivity index (χ2v) is 6.47. The van der Waals surface area contributed by atoms with Crippen LogP contribution in [0.1, 0.15) is 33.9 Å². The van der Waals surface area contributed by atoms with Gasteiger partial charge in [0.05, 0.1) is 11.1 Å². The van der Waals surface area contributed by atoms with Gasteiger partial charge in [-0.3, -0.25) is 0 Å². The van der Waals surface area contributed by atoms with Crippen molar-refractivity contribution in [1.29, 1.82) is 0 Å². The molecule has 2 rings (SSSR count). The standard InChI is InChI=1S/C17H18BrClO/c1-10-7-11(2)14(12(3)8-10)9-16(20)13-5-4-6-15(18)17(13)19/h4-8,16,20H,9H2,1-3H3. The summed E-state index contributed by atoms with van der Waals surface area (Å²) in [6.07, 6.45) is -0.0196. The fraction of sp³-hybridized carbons (Fsp3) is 0.294. The van der Waals surface area contributed by atoms with Gasteiger partial charge in [-0.25, -0.2) is 0 Å². The molecule has 1 atom stereocenters. The van der Waals surface area contributed by atoms with Crippen LogP contribution in [0, 0.1) is 20.8 Å². The van der Waals surface area contributed by atoms with Crippen LogP contribution in [0.2, 0.25) is 5.02 Å². The molecular weight excluding hydrogens is 336 g/mol. The molecule has 0 saturated carbocycles. The van der Waals surface area contributed by atoms with E-state index in [0.29, 0.717) is 11.4 Å². The Labute approximate surface area is 133 Å². The highest BCUT2D eigenvalue weighted by atomic mass is 79.9. The van der Waals surface area contributed by atoms with E-state index in [-0.39, 0.29) is 0 Å². The normalized spacial score (nSPS) is 12.5. The third-order valence-electron chi connectivity index (χ3n) is 3.58. The molecule has 0 aliphatic heterocycles. The van der Waals surface area contributed by atoms with Gasteiger partial charge in [0, 0.05) is 16.5 Å². The molecule has 0 amide bonds. The van der Waals surface area contributed by atoms with Gasteiger partial charge in [-0.2, -0.15) is 0 Å². The summed E-state index contributed by atoms with van der Waals surface area (Å²) in [5.74, 6) is 0. The Balaban J connectivity index is 2.33. The number of rotatable bonds is 3. The van der Waals surface area contributed by atoms with Crippen molar-refractivity contribution >= 4 is 27.5 Å². The summed E-state index contributed by atoms with van der Waals surface area (Å²) >= 11 is 9.65. The number of benzene rings is 2. The first-order chi connectivity index (χ1) is 9.40. The van der Waals surface area contributed by atoms with Crippen LogP contribution in [0.5, 0.6) is 0 Å². The molecule has 0 radical (unpaired) electrons. The Morgan fingerprint density at radius 3 is 2.35 bits per heavy atom. The SMILES string of the molecule is Cc1cc(C)c(CC(O)c2cccc(Br)c2Cl)c(C)c1. The first-order valence-electron chi connectivity index (χ1n) is 6.59. The van der Waals surface area contributed by atoms with Gasteiger partial charge in [-0.1, -0.05) is 41.4 Å². The Hall–Kier alpha value is -0.830. The lowest BCUT2D eigenvalue weighted by atomic mass is 9.93. The average Bonchev–Trinajstić information content (AvgIpc) is 2.36. The number of aliphatic hydroxyl groups excluding tert-OH is 1. The van der Waals surface area contributed by atoms with Crippen LogP contribution in [0.4, 0.5) is 0 Å². The van der Waals surface area contributed by atoms with Crippen LogP contribution in [0.25, 0.3) is 0 Å². The molecule has 106 valence electrons. The summed E-state index contributed by atoms with van der Waals surface area (Å²) < 4.78 is 0.813. The molecule has 20 heavy (non-hydrogen) atoms. The largest absolute Gasteiger partial charge is 0.388 e. The van der Waals surface area contributed by atoms with Gasteiger partial charge < -0.3 is 5.11 Å². The minimum atomic E-state index is -0.597. The third-order valence-corrected chi connectivity index (χ3v) is 4.89. The van der Waals surface area contributed by atoms with Crippen molar-refractivity contribution in [3.63, 3.8) is 0 Å². The van der Waals surface area contributed by atoms with Gasteiger partial charge in [-0.05, 0) is 59.5 Å². The molecule has 0 spiro atoms. The van der Waals surface area contributed by atoms with E-state index in [1.54, 1.807) is 0 Å². The van der Waals surface area contributed by atoms with Crippen molar-refractivity contribution in [1.82, 2.24) is 0 Å². The minimum absolute atomic E-state index is 0.578. The number of hydrogen-bond acceptors (Lipinski definition) is 1. The van der Waals surface area contributed by atoms with Gasteiger partial charge in [0.15, 0.2) is 0 Å². The Bertz CT molecular complexity index is 614. The van der Waals surface area contributed by atoms with Crippen molar-refractivity contribution in [3.8, 4) is 0 Å². The van der Waals surface area contributed by atoms with Crippen molar-refractivity contribution in [2.45, 2.75) is 33.3 Å². The lowest BCUT2D eigenvalue weighted by Gasteiger charge is -2.17. The smallest absolute Gasteiger partial charge is 0.0845 e. The molecule has 0 heterocycles. The van der Waals surface area contributed by atoms with E-state index in [9.17, 15) is 5.11 Å². The van der Waals surface area contributed by atoms with Gasteiger partial charge in [0.1, 0.15) is 0 Å². The van der Waals surface area contributed by atoms with Crippen LogP contribution in [-0.2, 0) is 6.42 Å². The predicted octanol–water partition coefficient (Wildman–Crippen LogP) is 5.30. The molecule has 0 fully saturated rings. The highest BCUT2D eigenvalue weighted by Gasteiger charge is 2.16. The lowest BCUT2D eigenvalue weighted by molar-refractivity contribution is 0.178. The molecule has 1 unspecified atom stereocenters. The molecule has 0 aliphatic rings. The Morgan fingerprint density at radius 2 is 1.75 bits per heavy atom. The van der Waals surface area contributed by atoms with E-state index >= 15 is 0 Å². The van der Waals surface area contributed by atoms with Gasteiger partial charge >= 0.3 is 0 Å². The van der Waals surface area contributed by atoms with E-state index in [4.69, 9.17) is 11.6 Å². The van der Waals surface area contributed by atoms with Crippen LogP contribution in [0.3, 0.4) is 0 Å². The fourth-order valence-corrected chi connectivity index (χ4v) is 3.25. The maximum atomic E-state index is 10.5. The second kappa shape index (κ2) is 6.30. The number of aryl methyl sites for hydroxylation is 3. The average molecular weight is 354 g/mol. The Kier molecular flexibility index (Phi) is 4.90. The molecule has 2 aromatic rings. The molecule has 0 bridgehead atoms. The fourth-order valence-electron chi connectivity index (χ4n) is 2.61. The summed E-state index contributed by atoms with van der Waals surface area (Å²) in [5, 5.41) is 11.1. The summed E-state index contributed by atoms with van der Waals surface area (Å²) in [4.78, 5) is 0. The molecule has 2 aromatic carbocycles. The number of hydrogen-bond donors (Lipinski definition) is 1. The first kappa shape index (κ1) is 15.6. The van der Waals surface area contributed by atoms with Crippen molar-refractivity contribution in [2.75, 3.05) is 0 Å². The van der Waals surface area contributed by atoms with Crippen LogP contribution >= 0.6 is 27.5 Å². The molecule has 1 N–H and O–H groups in total. The van der Waals surface area contributed by atoms with E-state index in [1.165, 1.54) is 22.3 Å². The molecular formula is C17H18BrClO. The summed E-state index contributed by atoms with van der Waals surface area (Å²) in [6.45, 7) is 6.26. The summed E-state index contributed by atoms with van der Waals surface area (Å²) in [6, 6.07) is 9.94. The highest BCUT2D eigenvalue weighted by Crippen LogP contribution is 2.32. The van der Waals surface area contributed by atoms with Crippen LogP contribution in [0.15, 0.2) is 34.8 Å². The summed E-state index contributed by atoms with van der Waals surface area (Å²) in [5.41, 5.74) is 5.64. The third kappa shape index (κ3) is 3.25. The number of halogens is 2. The zero-order valence-corrected chi connectivity index (χ0v) is 14.2. The van der Waals surface area contributed by atoms with Crippen LogP contribution < -0.4 is 0 Å². The van der Waals surface area contributed by atoms with Gasteiger partial charge in [0.2, 0.25) is 0 Å². The minimum Gasteiger partial charge on any atom is -0.388 e. The van der Waals surface area contributed by atoms with E-state index in [2.05, 4.69) is 48.8 Å².